The van der Waals surface area contributed by atoms with E-state index in [9.17, 15) is 4.79 Å². The Morgan fingerprint density at radius 2 is 1.86 bits per heavy atom. The molecule has 21 heavy (non-hydrogen) atoms. The predicted octanol–water partition coefficient (Wildman–Crippen LogP) is 2.96. The lowest BCUT2D eigenvalue weighted by molar-refractivity contribution is 0.140. The number of hydrogen-bond acceptors (Lipinski definition) is 4. The molecule has 2 aromatic carbocycles. The summed E-state index contributed by atoms with van der Waals surface area (Å²) >= 11 is 0. The zero-order valence-electron chi connectivity index (χ0n) is 11.7. The van der Waals surface area contributed by atoms with Crippen molar-refractivity contribution in [3.05, 3.63) is 65.7 Å². The normalized spacial score (nSPS) is 10.3. The monoisotopic (exact) mass is 284 g/mol. The van der Waals surface area contributed by atoms with Gasteiger partial charge in [0.25, 0.3) is 0 Å². The van der Waals surface area contributed by atoms with E-state index in [-0.39, 0.29) is 6.61 Å². The first-order chi connectivity index (χ1) is 10.3. The van der Waals surface area contributed by atoms with E-state index in [2.05, 4.69) is 10.5 Å². The number of hydrogen-bond donors (Lipinski definition) is 1. The molecule has 108 valence electrons. The van der Waals surface area contributed by atoms with Gasteiger partial charge in [-0.25, -0.2) is 10.2 Å². The van der Waals surface area contributed by atoms with Crippen molar-refractivity contribution in [2.24, 2.45) is 5.10 Å². The van der Waals surface area contributed by atoms with Crippen LogP contribution in [0.3, 0.4) is 0 Å². The molecule has 0 radical (unpaired) electrons. The maximum Gasteiger partial charge on any atom is 0.428 e. The third-order valence-corrected chi connectivity index (χ3v) is 2.70. The van der Waals surface area contributed by atoms with Gasteiger partial charge < -0.3 is 9.47 Å². The summed E-state index contributed by atoms with van der Waals surface area (Å²) < 4.78 is 10.1. The van der Waals surface area contributed by atoms with Crippen LogP contribution in [0.4, 0.5) is 4.79 Å². The number of benzene rings is 2. The zero-order chi connectivity index (χ0) is 14.9. The molecule has 0 aliphatic carbocycles. The number of nitrogens with zero attached hydrogens (tertiary/aromatic N) is 1. The lowest BCUT2D eigenvalue weighted by Crippen LogP contribution is -2.18. The summed E-state index contributed by atoms with van der Waals surface area (Å²) in [5.74, 6) is 0.766. The van der Waals surface area contributed by atoms with Crippen LogP contribution >= 0.6 is 0 Å². The number of rotatable bonds is 5. The van der Waals surface area contributed by atoms with Gasteiger partial charge in [-0.1, -0.05) is 30.3 Å². The molecule has 0 aliphatic rings. The summed E-state index contributed by atoms with van der Waals surface area (Å²) in [6, 6.07) is 16.7. The highest BCUT2D eigenvalue weighted by molar-refractivity contribution is 5.81. The average Bonchev–Trinajstić information content (AvgIpc) is 2.54. The fourth-order valence-corrected chi connectivity index (χ4v) is 1.60. The van der Waals surface area contributed by atoms with Crippen molar-refractivity contribution >= 4 is 12.3 Å². The van der Waals surface area contributed by atoms with Gasteiger partial charge in [-0.05, 0) is 35.4 Å². The Morgan fingerprint density at radius 1 is 1.14 bits per heavy atom. The second kappa shape index (κ2) is 7.69. The first-order valence-electron chi connectivity index (χ1n) is 6.42. The number of hydrazone groups is 1. The van der Waals surface area contributed by atoms with Gasteiger partial charge in [0.2, 0.25) is 0 Å². The van der Waals surface area contributed by atoms with Crippen molar-refractivity contribution in [1.29, 1.82) is 0 Å². The van der Waals surface area contributed by atoms with Crippen LogP contribution in [0, 0.1) is 0 Å². The van der Waals surface area contributed by atoms with Crippen LogP contribution in [0.25, 0.3) is 0 Å². The summed E-state index contributed by atoms with van der Waals surface area (Å²) in [4.78, 5) is 11.4. The van der Waals surface area contributed by atoms with Crippen LogP contribution in [0.1, 0.15) is 11.1 Å². The molecule has 5 nitrogen and oxygen atoms in total. The highest BCUT2D eigenvalue weighted by atomic mass is 16.6. The van der Waals surface area contributed by atoms with Crippen molar-refractivity contribution in [1.82, 2.24) is 5.43 Å². The molecule has 0 aromatic heterocycles. The minimum absolute atomic E-state index is 0.213. The van der Waals surface area contributed by atoms with Crippen molar-refractivity contribution in [3.63, 3.8) is 0 Å². The molecule has 0 aliphatic heterocycles. The van der Waals surface area contributed by atoms with Gasteiger partial charge in [0.1, 0.15) is 12.4 Å². The molecule has 0 fully saturated rings. The van der Waals surface area contributed by atoms with Crippen LogP contribution in [-0.2, 0) is 11.3 Å². The predicted molar refractivity (Wildman–Crippen MR) is 80.4 cm³/mol. The Bertz CT molecular complexity index is 595. The minimum Gasteiger partial charge on any atom is -0.497 e. The highest BCUT2D eigenvalue weighted by Gasteiger charge is 2.00. The first-order valence-corrected chi connectivity index (χ1v) is 6.42. The zero-order valence-corrected chi connectivity index (χ0v) is 11.7. The van der Waals surface area contributed by atoms with Crippen molar-refractivity contribution in [2.75, 3.05) is 7.11 Å². The number of ether oxygens (including phenoxy) is 2. The Kier molecular flexibility index (Phi) is 5.34. The fraction of sp³-hybridized carbons (Fsp3) is 0.125. The molecule has 5 heteroatoms. The second-order valence-electron chi connectivity index (χ2n) is 4.20. The summed E-state index contributed by atoms with van der Waals surface area (Å²) in [6.45, 7) is 0.213. The summed E-state index contributed by atoms with van der Waals surface area (Å²) in [6.07, 6.45) is 0.937. The lowest BCUT2D eigenvalue weighted by Gasteiger charge is -2.03. The first kappa shape index (κ1) is 14.6. The molecular weight excluding hydrogens is 268 g/mol. The van der Waals surface area contributed by atoms with Gasteiger partial charge in [-0.15, -0.1) is 0 Å². The highest BCUT2D eigenvalue weighted by Crippen LogP contribution is 2.09. The summed E-state index contributed by atoms with van der Waals surface area (Å²) in [7, 11) is 1.60. The minimum atomic E-state index is -0.594. The molecule has 1 amide bonds. The number of amides is 1. The van der Waals surface area contributed by atoms with E-state index in [0.29, 0.717) is 0 Å². The molecule has 0 heterocycles. The van der Waals surface area contributed by atoms with Gasteiger partial charge >= 0.3 is 6.09 Å². The van der Waals surface area contributed by atoms with E-state index in [1.807, 2.05) is 54.6 Å². The number of nitrogens with one attached hydrogen (secondary N) is 1. The van der Waals surface area contributed by atoms with Crippen LogP contribution in [-0.4, -0.2) is 19.4 Å². The molecule has 0 saturated carbocycles. The third kappa shape index (κ3) is 4.99. The Hall–Kier alpha value is -2.82. The SMILES string of the molecule is COc1ccc(C=NNC(=O)OCc2ccccc2)cc1. The molecule has 0 atom stereocenters. The van der Waals surface area contributed by atoms with E-state index >= 15 is 0 Å². The summed E-state index contributed by atoms with van der Waals surface area (Å²) in [5, 5.41) is 3.82. The van der Waals surface area contributed by atoms with E-state index in [1.54, 1.807) is 7.11 Å². The molecule has 0 bridgehead atoms. The standard InChI is InChI=1S/C16H16N2O3/c1-20-15-9-7-13(8-10-15)11-17-18-16(19)21-12-14-5-3-2-4-6-14/h2-11H,12H2,1H3,(H,18,19). The molecule has 0 spiro atoms. The molecule has 0 unspecified atom stereocenters. The van der Waals surface area contributed by atoms with Gasteiger partial charge in [0.05, 0.1) is 13.3 Å². The number of carbonyl (C=O) groups excluding carboxylic acids is 1. The van der Waals surface area contributed by atoms with Gasteiger partial charge in [0, 0.05) is 0 Å². The lowest BCUT2D eigenvalue weighted by atomic mass is 10.2. The van der Waals surface area contributed by atoms with E-state index in [4.69, 9.17) is 9.47 Å². The number of carbonyl (C=O) groups is 1. The smallest absolute Gasteiger partial charge is 0.428 e. The molecular formula is C16H16N2O3. The fourth-order valence-electron chi connectivity index (χ4n) is 1.60. The Balaban J connectivity index is 1.76. The Labute approximate surface area is 123 Å². The van der Waals surface area contributed by atoms with E-state index in [1.165, 1.54) is 6.21 Å². The van der Waals surface area contributed by atoms with Crippen LogP contribution in [0.5, 0.6) is 5.75 Å². The van der Waals surface area contributed by atoms with Crippen molar-refractivity contribution in [2.45, 2.75) is 6.61 Å². The topological polar surface area (TPSA) is 59.9 Å². The maximum absolute atomic E-state index is 11.4. The van der Waals surface area contributed by atoms with Crippen LogP contribution < -0.4 is 10.2 Å². The van der Waals surface area contributed by atoms with Crippen molar-refractivity contribution in [3.8, 4) is 5.75 Å². The van der Waals surface area contributed by atoms with Gasteiger partial charge in [0.15, 0.2) is 0 Å². The second-order valence-corrected chi connectivity index (χ2v) is 4.20. The van der Waals surface area contributed by atoms with Crippen LogP contribution in [0.2, 0.25) is 0 Å². The van der Waals surface area contributed by atoms with Crippen molar-refractivity contribution < 1.29 is 14.3 Å². The molecule has 0 saturated heterocycles. The summed E-state index contributed by atoms with van der Waals surface area (Å²) in [5.41, 5.74) is 4.08. The molecule has 2 rings (SSSR count). The quantitative estimate of drug-likeness (QED) is 0.678. The average molecular weight is 284 g/mol. The Morgan fingerprint density at radius 3 is 2.52 bits per heavy atom. The largest absolute Gasteiger partial charge is 0.497 e. The third-order valence-electron chi connectivity index (χ3n) is 2.70. The van der Waals surface area contributed by atoms with Crippen LogP contribution in [0.15, 0.2) is 59.7 Å². The molecule has 1 N–H and O–H groups in total. The molecule has 2 aromatic rings. The van der Waals surface area contributed by atoms with E-state index < -0.39 is 6.09 Å². The van der Waals surface area contributed by atoms with E-state index in [0.717, 1.165) is 16.9 Å². The van der Waals surface area contributed by atoms with Gasteiger partial charge in [-0.2, -0.15) is 5.10 Å². The van der Waals surface area contributed by atoms with Gasteiger partial charge in [-0.3, -0.25) is 0 Å². The maximum atomic E-state index is 11.4. The number of methoxy groups -OCH3 is 1.